The quantitative estimate of drug-likeness (QED) is 0.0184. The van der Waals surface area contributed by atoms with Gasteiger partial charge in [0.15, 0.2) is 11.5 Å². The van der Waals surface area contributed by atoms with E-state index in [0.717, 1.165) is 10.6 Å². The van der Waals surface area contributed by atoms with Gasteiger partial charge in [-0.25, -0.2) is 29.1 Å². The number of nitrogens with zero attached hydrogens (tertiary/aromatic N) is 5. The van der Waals surface area contributed by atoms with Crippen molar-refractivity contribution in [3.8, 4) is 17.0 Å². The van der Waals surface area contributed by atoms with E-state index < -0.39 is 70.8 Å². The van der Waals surface area contributed by atoms with Crippen molar-refractivity contribution in [2.45, 2.75) is 71.6 Å². The van der Waals surface area contributed by atoms with Crippen molar-refractivity contribution in [3.63, 3.8) is 0 Å². The number of pyridine rings is 1. The Morgan fingerprint density at radius 2 is 1.47 bits per heavy atom. The highest BCUT2D eigenvalue weighted by molar-refractivity contribution is 7.88. The van der Waals surface area contributed by atoms with Crippen LogP contribution in [0, 0.1) is 5.92 Å². The standard InChI is InChI=1S/C57H74N14O17S/c1-37(2)50(68-56(79)86-31-30-83-27-22-64-89(81,82)69-57(80)85-26-7-20-60-46(72)8-5-4-6-23-71-48(74)17-18-49(71)75)53(76)62-35-47(73)65-41-13-9-39(10-14-41)36-87-55(78)63-32-38(3)88-42-15-11-40(12-16-42)43-34-61-52(58)51(66-43)54(77)67-44-33-59-21-19-45(44)70-24-28-84-29-25-70/h9-19,21,33-34,37-38,50,64H,4-8,20,22-32,35-36H2,1-3H3,(H2,58,61)(H,60,72)(H,62,76)(H,63,78)(H,65,73)(H,67,77)(H,68,79)(H,69,80). The van der Waals surface area contributed by atoms with Gasteiger partial charge >= 0.3 is 28.5 Å². The second-order valence-corrected chi connectivity index (χ2v) is 21.7. The molecule has 0 saturated carbocycles. The summed E-state index contributed by atoms with van der Waals surface area (Å²) in [6.07, 6.45) is 5.96. The van der Waals surface area contributed by atoms with Crippen molar-refractivity contribution in [1.29, 1.82) is 0 Å². The number of aromatic nitrogens is 3. The highest BCUT2D eigenvalue weighted by Crippen LogP contribution is 2.27. The number of nitrogen functional groups attached to an aromatic ring is 1. The number of ether oxygens (including phenoxy) is 6. The number of hydrogen-bond acceptors (Lipinski definition) is 22. The van der Waals surface area contributed by atoms with E-state index in [1.165, 1.54) is 18.3 Å². The molecule has 1 fully saturated rings. The van der Waals surface area contributed by atoms with Gasteiger partial charge < -0.3 is 71.0 Å². The van der Waals surface area contributed by atoms with Crippen LogP contribution < -0.4 is 56.7 Å². The van der Waals surface area contributed by atoms with Crippen LogP contribution in [0.5, 0.6) is 5.75 Å². The topological polar surface area (TPSA) is 411 Å². The Labute approximate surface area is 513 Å². The summed E-state index contributed by atoms with van der Waals surface area (Å²) >= 11 is 0. The molecule has 2 aliphatic heterocycles. The van der Waals surface area contributed by atoms with Crippen molar-refractivity contribution in [1.82, 2.24) is 50.6 Å². The molecule has 32 heteroatoms. The number of imide groups is 1. The third-order valence-electron chi connectivity index (χ3n) is 13.0. The first kappa shape index (κ1) is 68.6. The van der Waals surface area contributed by atoms with E-state index >= 15 is 0 Å². The lowest BCUT2D eigenvalue weighted by Crippen LogP contribution is -2.51. The van der Waals surface area contributed by atoms with E-state index in [4.69, 9.17) is 34.2 Å². The van der Waals surface area contributed by atoms with Crippen LogP contribution in [-0.4, -0.2) is 180 Å². The minimum Gasteiger partial charge on any atom is -0.489 e. The second kappa shape index (κ2) is 35.3. The molecule has 2 aliphatic rings. The monoisotopic (exact) mass is 1260 g/mol. The van der Waals surface area contributed by atoms with Gasteiger partial charge in [-0.1, -0.05) is 32.4 Å². The van der Waals surface area contributed by atoms with Crippen molar-refractivity contribution in [2.75, 3.05) is 107 Å². The number of nitrogens with one attached hydrogen (secondary N) is 8. The molecule has 6 rings (SSSR count). The fourth-order valence-electron chi connectivity index (χ4n) is 8.38. The molecule has 2 aromatic carbocycles. The maximum atomic E-state index is 13.4. The summed E-state index contributed by atoms with van der Waals surface area (Å²) in [4.78, 5) is 127. The summed E-state index contributed by atoms with van der Waals surface area (Å²) in [5.74, 6) is -2.65. The molecule has 4 aromatic rings. The number of amides is 9. The Bertz CT molecular complexity index is 3200. The molecule has 0 spiro atoms. The first-order chi connectivity index (χ1) is 42.7. The van der Waals surface area contributed by atoms with Crippen LogP contribution in [0.15, 0.2) is 85.3 Å². The Hall–Kier alpha value is -9.53. The molecule has 1 saturated heterocycles. The number of unbranched alkanes of at least 4 members (excludes halogenated alkanes) is 2. The number of nitrogens with two attached hydrogens (primary N) is 1. The van der Waals surface area contributed by atoms with Gasteiger partial charge in [-0.3, -0.25) is 38.7 Å². The Morgan fingerprint density at radius 1 is 0.742 bits per heavy atom. The zero-order chi connectivity index (χ0) is 64.1. The third kappa shape index (κ3) is 23.9. The Balaban J connectivity index is 0.774. The molecule has 0 bridgehead atoms. The van der Waals surface area contributed by atoms with E-state index in [-0.39, 0.29) is 101 Å². The highest BCUT2D eigenvalue weighted by atomic mass is 32.2. The Kier molecular flexibility index (Phi) is 27.2. The zero-order valence-corrected chi connectivity index (χ0v) is 50.2. The normalized spacial score (nSPS) is 13.6. The van der Waals surface area contributed by atoms with E-state index in [1.54, 1.807) is 86.4 Å². The van der Waals surface area contributed by atoms with E-state index in [1.807, 2.05) is 6.07 Å². The molecule has 2 atom stereocenters. The number of benzene rings is 2. The number of morpholine rings is 1. The number of alkyl carbamates (subject to hydrolysis) is 2. The van der Waals surface area contributed by atoms with Crippen LogP contribution in [0.2, 0.25) is 0 Å². The average molecular weight is 1260 g/mol. The maximum Gasteiger partial charge on any atom is 0.421 e. The number of hydrogen-bond donors (Lipinski definition) is 9. The Morgan fingerprint density at radius 3 is 2.20 bits per heavy atom. The predicted octanol–water partition coefficient (Wildman–Crippen LogP) is 2.28. The second-order valence-electron chi connectivity index (χ2n) is 20.2. The van der Waals surface area contributed by atoms with Gasteiger partial charge in [0.05, 0.1) is 75.6 Å². The lowest BCUT2D eigenvalue weighted by molar-refractivity contribution is -0.137. The van der Waals surface area contributed by atoms with E-state index in [9.17, 15) is 51.6 Å². The summed E-state index contributed by atoms with van der Waals surface area (Å²) in [5.41, 5.74) is 9.41. The van der Waals surface area contributed by atoms with E-state index in [0.29, 0.717) is 79.5 Å². The smallest absolute Gasteiger partial charge is 0.421 e. The van der Waals surface area contributed by atoms with Gasteiger partial charge in [0.25, 0.3) is 17.7 Å². The highest BCUT2D eigenvalue weighted by Gasteiger charge is 2.27. The number of anilines is 4. The molecule has 4 heterocycles. The van der Waals surface area contributed by atoms with Crippen LogP contribution in [0.25, 0.3) is 11.3 Å². The summed E-state index contributed by atoms with van der Waals surface area (Å²) < 4.78 is 60.1. The van der Waals surface area contributed by atoms with Gasteiger partial charge in [-0.2, -0.15) is 13.1 Å². The van der Waals surface area contributed by atoms with Crippen LogP contribution in [-0.2, 0) is 64.5 Å². The van der Waals surface area contributed by atoms with Crippen LogP contribution in [0.1, 0.15) is 68.9 Å². The van der Waals surface area contributed by atoms with E-state index in [2.05, 4.69) is 56.5 Å². The predicted molar refractivity (Wildman–Crippen MR) is 321 cm³/mol. The molecule has 89 heavy (non-hydrogen) atoms. The molecular formula is C57H74N14O17S. The first-order valence-electron chi connectivity index (χ1n) is 28.5. The summed E-state index contributed by atoms with van der Waals surface area (Å²) in [7, 11) is -4.31. The summed E-state index contributed by atoms with van der Waals surface area (Å²) in [6.45, 7) is 6.60. The third-order valence-corrected chi connectivity index (χ3v) is 14.0. The number of carbonyl (C=O) groups excluding carboxylic acids is 9. The van der Waals surface area contributed by atoms with Crippen molar-refractivity contribution < 1.29 is 80.0 Å². The van der Waals surface area contributed by atoms with Gasteiger partial charge in [-0.15, -0.1) is 0 Å². The fraction of sp³-hybridized carbons (Fsp3) is 0.439. The fourth-order valence-corrected chi connectivity index (χ4v) is 9.08. The molecule has 480 valence electrons. The van der Waals surface area contributed by atoms with Gasteiger partial charge in [-0.05, 0) is 80.1 Å². The van der Waals surface area contributed by atoms with Crippen LogP contribution in [0.3, 0.4) is 0 Å². The van der Waals surface area contributed by atoms with Gasteiger partial charge in [0, 0.05) is 68.7 Å². The molecular weight excluding hydrogens is 1180 g/mol. The first-order valence-corrected chi connectivity index (χ1v) is 30.0. The number of carbonyl (C=O) groups is 9. The molecule has 0 radical (unpaired) electrons. The van der Waals surface area contributed by atoms with Gasteiger partial charge in [0.2, 0.25) is 17.7 Å². The van der Waals surface area contributed by atoms with Crippen LogP contribution in [0.4, 0.5) is 37.3 Å². The lowest BCUT2D eigenvalue weighted by Gasteiger charge is -2.30. The summed E-state index contributed by atoms with van der Waals surface area (Å²) in [6, 6.07) is 14.1. The van der Waals surface area contributed by atoms with Crippen LogP contribution >= 0.6 is 0 Å². The largest absolute Gasteiger partial charge is 0.489 e. The van der Waals surface area contributed by atoms with Crippen molar-refractivity contribution in [2.24, 2.45) is 5.92 Å². The SMILES string of the molecule is CC(CNC(=O)OCc1ccc(NC(=O)CNC(=O)C(NC(=O)OCCOCCNS(=O)(=O)NC(=O)OCCCNC(=O)CCCCCN2C(=O)C=CC2=O)C(C)C)cc1)Oc1ccc(-c2cnc(N)c(C(=O)Nc3cnccc3N3CCOCC3)n2)cc1. The molecule has 9 amide bonds. The molecule has 2 unspecified atom stereocenters. The average Bonchev–Trinajstić information content (AvgIpc) is 2.55. The lowest BCUT2D eigenvalue weighted by atomic mass is 10.0. The minimum absolute atomic E-state index is 0.0390. The summed E-state index contributed by atoms with van der Waals surface area (Å²) in [5, 5.41) is 15.8. The van der Waals surface area contributed by atoms with Crippen molar-refractivity contribution >= 4 is 86.8 Å². The molecule has 2 aromatic heterocycles. The molecule has 31 nitrogen and oxygen atoms in total. The maximum absolute atomic E-state index is 13.4. The molecule has 10 N–H and O–H groups in total. The zero-order valence-electron chi connectivity index (χ0n) is 49.4. The minimum atomic E-state index is -4.31. The number of rotatable bonds is 34. The molecule has 0 aliphatic carbocycles. The van der Waals surface area contributed by atoms with Gasteiger partial charge in [0.1, 0.15) is 31.1 Å². The van der Waals surface area contributed by atoms with Crippen molar-refractivity contribution in [3.05, 3.63) is 96.6 Å².